The smallest absolute Gasteiger partial charge is 0.416 e. The SMILES string of the molecule is CN=C(NCc1ccc(OC)cc1C(F)(F)F)NCC(CO)c1ccccc1. The number of benzene rings is 2. The molecule has 0 aliphatic carbocycles. The van der Waals surface area contributed by atoms with Crippen molar-refractivity contribution in [2.45, 2.75) is 18.6 Å². The lowest BCUT2D eigenvalue weighted by Crippen LogP contribution is -2.39. The van der Waals surface area contributed by atoms with Crippen molar-refractivity contribution in [3.63, 3.8) is 0 Å². The monoisotopic (exact) mass is 395 g/mol. The molecule has 1 unspecified atom stereocenters. The van der Waals surface area contributed by atoms with Gasteiger partial charge in [0.15, 0.2) is 5.96 Å². The lowest BCUT2D eigenvalue weighted by molar-refractivity contribution is -0.138. The topological polar surface area (TPSA) is 65.9 Å². The first-order valence-corrected chi connectivity index (χ1v) is 8.73. The number of nitrogens with one attached hydrogen (secondary N) is 2. The van der Waals surface area contributed by atoms with Gasteiger partial charge in [0.25, 0.3) is 0 Å². The number of aliphatic hydroxyl groups excluding tert-OH is 1. The molecule has 0 saturated heterocycles. The third-order valence-corrected chi connectivity index (χ3v) is 4.30. The fourth-order valence-electron chi connectivity index (χ4n) is 2.73. The molecule has 28 heavy (non-hydrogen) atoms. The highest BCUT2D eigenvalue weighted by atomic mass is 19.4. The largest absolute Gasteiger partial charge is 0.497 e. The minimum absolute atomic E-state index is 0.0619. The van der Waals surface area contributed by atoms with Crippen LogP contribution >= 0.6 is 0 Å². The second-order valence-electron chi connectivity index (χ2n) is 6.12. The van der Waals surface area contributed by atoms with E-state index in [0.717, 1.165) is 11.6 Å². The van der Waals surface area contributed by atoms with Crippen LogP contribution in [0.3, 0.4) is 0 Å². The molecule has 2 aromatic carbocycles. The van der Waals surface area contributed by atoms with Gasteiger partial charge in [-0.05, 0) is 23.3 Å². The van der Waals surface area contributed by atoms with Crippen LogP contribution in [0, 0.1) is 0 Å². The summed E-state index contributed by atoms with van der Waals surface area (Å²) in [6.45, 7) is 0.257. The maximum atomic E-state index is 13.3. The van der Waals surface area contributed by atoms with Crippen LogP contribution in [0.2, 0.25) is 0 Å². The van der Waals surface area contributed by atoms with Crippen molar-refractivity contribution in [1.82, 2.24) is 10.6 Å². The molecule has 0 spiro atoms. The number of rotatable bonds is 7. The zero-order valence-corrected chi connectivity index (χ0v) is 15.8. The Morgan fingerprint density at radius 3 is 2.43 bits per heavy atom. The predicted octanol–water partition coefficient (Wildman–Crippen LogP) is 3.16. The molecule has 0 heterocycles. The normalized spacial score (nSPS) is 13.1. The van der Waals surface area contributed by atoms with Crippen LogP contribution in [0.5, 0.6) is 5.75 Å². The van der Waals surface area contributed by atoms with Crippen LogP contribution in [0.15, 0.2) is 53.5 Å². The Labute approximate surface area is 162 Å². The number of nitrogens with zero attached hydrogens (tertiary/aromatic N) is 1. The van der Waals surface area contributed by atoms with Gasteiger partial charge in [0.05, 0.1) is 19.3 Å². The summed E-state index contributed by atoms with van der Waals surface area (Å²) in [5.41, 5.74) is 0.285. The molecular weight excluding hydrogens is 371 g/mol. The van der Waals surface area contributed by atoms with Crippen molar-refractivity contribution in [1.29, 1.82) is 0 Å². The molecule has 2 rings (SSSR count). The molecule has 1 atom stereocenters. The number of hydrogen-bond acceptors (Lipinski definition) is 3. The minimum atomic E-state index is -4.49. The number of aliphatic imine (C=N–C) groups is 1. The number of hydrogen-bond donors (Lipinski definition) is 3. The van der Waals surface area contributed by atoms with Crippen LogP contribution < -0.4 is 15.4 Å². The summed E-state index contributed by atoms with van der Waals surface area (Å²) in [7, 11) is 2.86. The second kappa shape index (κ2) is 9.98. The van der Waals surface area contributed by atoms with Gasteiger partial charge in [-0.1, -0.05) is 36.4 Å². The van der Waals surface area contributed by atoms with Crippen molar-refractivity contribution < 1.29 is 23.0 Å². The summed E-state index contributed by atoms with van der Waals surface area (Å²) in [6, 6.07) is 13.3. The van der Waals surface area contributed by atoms with Gasteiger partial charge in [0.2, 0.25) is 0 Å². The van der Waals surface area contributed by atoms with Gasteiger partial charge in [-0.3, -0.25) is 4.99 Å². The number of halogens is 3. The average Bonchev–Trinajstić information content (AvgIpc) is 2.70. The standard InChI is InChI=1S/C20H24F3N3O2/c1-24-19(26-12-16(13-27)14-6-4-3-5-7-14)25-11-15-8-9-17(28-2)10-18(15)20(21,22)23/h3-10,16,27H,11-13H2,1-2H3,(H2,24,25,26). The van der Waals surface area contributed by atoms with Gasteiger partial charge in [-0.2, -0.15) is 13.2 Å². The Kier molecular flexibility index (Phi) is 7.69. The quantitative estimate of drug-likeness (QED) is 0.498. The highest BCUT2D eigenvalue weighted by Crippen LogP contribution is 2.34. The van der Waals surface area contributed by atoms with E-state index in [2.05, 4.69) is 15.6 Å². The molecule has 0 bridgehead atoms. The van der Waals surface area contributed by atoms with Gasteiger partial charge in [-0.15, -0.1) is 0 Å². The number of methoxy groups -OCH3 is 1. The maximum Gasteiger partial charge on any atom is 0.416 e. The lowest BCUT2D eigenvalue weighted by atomic mass is 10.0. The van der Waals surface area contributed by atoms with Crippen LogP contribution in [0.4, 0.5) is 13.2 Å². The third kappa shape index (κ3) is 5.88. The zero-order chi connectivity index (χ0) is 20.6. The average molecular weight is 395 g/mol. The lowest BCUT2D eigenvalue weighted by Gasteiger charge is -2.19. The van der Waals surface area contributed by atoms with Gasteiger partial charge >= 0.3 is 6.18 Å². The van der Waals surface area contributed by atoms with Crippen LogP contribution in [-0.4, -0.2) is 38.4 Å². The number of aliphatic hydroxyl groups is 1. The third-order valence-electron chi connectivity index (χ3n) is 4.30. The van der Waals surface area contributed by atoms with Crippen LogP contribution in [-0.2, 0) is 12.7 Å². The van der Waals surface area contributed by atoms with Gasteiger partial charge in [-0.25, -0.2) is 0 Å². The molecule has 152 valence electrons. The molecule has 3 N–H and O–H groups in total. The van der Waals surface area contributed by atoms with E-state index in [9.17, 15) is 18.3 Å². The summed E-state index contributed by atoms with van der Waals surface area (Å²) >= 11 is 0. The molecule has 0 radical (unpaired) electrons. The van der Waals surface area contributed by atoms with E-state index in [0.29, 0.717) is 12.5 Å². The zero-order valence-electron chi connectivity index (χ0n) is 15.8. The maximum absolute atomic E-state index is 13.3. The van der Waals surface area contributed by atoms with Crippen molar-refractivity contribution in [3.8, 4) is 5.75 Å². The molecular formula is C20H24F3N3O2. The van der Waals surface area contributed by atoms with E-state index in [4.69, 9.17) is 4.74 Å². The van der Waals surface area contributed by atoms with Crippen molar-refractivity contribution in [2.75, 3.05) is 27.3 Å². The summed E-state index contributed by atoms with van der Waals surface area (Å²) < 4.78 is 44.8. The molecule has 0 aromatic heterocycles. The van der Waals surface area contributed by atoms with Crippen LogP contribution in [0.1, 0.15) is 22.6 Å². The molecule has 0 aliphatic heterocycles. The van der Waals surface area contributed by atoms with Gasteiger partial charge in [0, 0.05) is 26.1 Å². The first kappa shape index (κ1) is 21.6. The summed E-state index contributed by atoms with van der Waals surface area (Å²) in [5.74, 6) is 0.331. The summed E-state index contributed by atoms with van der Waals surface area (Å²) in [4.78, 5) is 4.04. The Hall–Kier alpha value is -2.74. The highest BCUT2D eigenvalue weighted by molar-refractivity contribution is 5.79. The van der Waals surface area contributed by atoms with E-state index < -0.39 is 11.7 Å². The Balaban J connectivity index is 2.02. The molecule has 0 amide bonds. The van der Waals surface area contributed by atoms with E-state index in [1.165, 1.54) is 26.3 Å². The van der Waals surface area contributed by atoms with Crippen molar-refractivity contribution >= 4 is 5.96 Å². The molecule has 2 aromatic rings. The number of alkyl halides is 3. The molecule has 5 nitrogen and oxygen atoms in total. The fourth-order valence-corrected chi connectivity index (χ4v) is 2.73. The molecule has 0 saturated carbocycles. The van der Waals surface area contributed by atoms with E-state index in [-0.39, 0.29) is 30.4 Å². The van der Waals surface area contributed by atoms with E-state index >= 15 is 0 Å². The number of guanidine groups is 1. The van der Waals surface area contributed by atoms with E-state index in [1.807, 2.05) is 30.3 Å². The first-order valence-electron chi connectivity index (χ1n) is 8.73. The Morgan fingerprint density at radius 1 is 1.14 bits per heavy atom. The highest BCUT2D eigenvalue weighted by Gasteiger charge is 2.33. The van der Waals surface area contributed by atoms with Gasteiger partial charge in [0.1, 0.15) is 5.75 Å². The molecule has 0 fully saturated rings. The minimum Gasteiger partial charge on any atom is -0.497 e. The second-order valence-corrected chi connectivity index (χ2v) is 6.12. The van der Waals surface area contributed by atoms with E-state index in [1.54, 1.807) is 0 Å². The predicted molar refractivity (Wildman–Crippen MR) is 102 cm³/mol. The summed E-state index contributed by atoms with van der Waals surface area (Å²) in [5, 5.41) is 15.5. The summed E-state index contributed by atoms with van der Waals surface area (Å²) in [6.07, 6.45) is -4.49. The number of ether oxygens (including phenoxy) is 1. The van der Waals surface area contributed by atoms with Crippen molar-refractivity contribution in [2.24, 2.45) is 4.99 Å². The van der Waals surface area contributed by atoms with Crippen LogP contribution in [0.25, 0.3) is 0 Å². The molecule has 8 heteroatoms. The van der Waals surface area contributed by atoms with Gasteiger partial charge < -0.3 is 20.5 Å². The Bertz CT molecular complexity index is 780. The molecule has 0 aliphatic rings. The fraction of sp³-hybridized carbons (Fsp3) is 0.350. The van der Waals surface area contributed by atoms with Crippen molar-refractivity contribution in [3.05, 3.63) is 65.2 Å². The first-order chi connectivity index (χ1) is 13.4. The Morgan fingerprint density at radius 2 is 1.86 bits per heavy atom.